The fraction of sp³-hybridized carbons (Fsp3) is 0.0909. The van der Waals surface area contributed by atoms with E-state index in [2.05, 4.69) is 34.2 Å². The minimum absolute atomic E-state index is 0.381. The molecule has 4 aromatic rings. The van der Waals surface area contributed by atoms with E-state index in [4.69, 9.17) is 11.5 Å². The molecule has 0 unspecified atom stereocenters. The predicted molar refractivity (Wildman–Crippen MR) is 108 cm³/mol. The van der Waals surface area contributed by atoms with Gasteiger partial charge in [0.25, 0.3) is 0 Å². The van der Waals surface area contributed by atoms with Gasteiger partial charge in [-0.2, -0.15) is 0 Å². The van der Waals surface area contributed by atoms with Crippen molar-refractivity contribution in [2.24, 2.45) is 0 Å². The number of anilines is 2. The molecule has 0 atom stereocenters. The van der Waals surface area contributed by atoms with Crippen LogP contribution in [-0.4, -0.2) is 9.97 Å². The number of benzene rings is 2. The second-order valence-corrected chi connectivity index (χ2v) is 6.33. The molecule has 2 aromatic carbocycles. The number of aryl methyl sites for hydroxylation is 2. The summed E-state index contributed by atoms with van der Waals surface area (Å²) in [4.78, 5) is 8.96. The Hall–Kier alpha value is -3.40. The van der Waals surface area contributed by atoms with Crippen LogP contribution in [0.2, 0.25) is 0 Å². The van der Waals surface area contributed by atoms with Crippen molar-refractivity contribution in [3.05, 3.63) is 84.1 Å². The molecular formula is C22H20N4. The fourth-order valence-electron chi connectivity index (χ4n) is 3.22. The third-order valence-corrected chi connectivity index (χ3v) is 4.62. The number of aromatic nitrogens is 2. The molecule has 4 N–H and O–H groups in total. The number of nitrogens with zero attached hydrogens (tertiary/aromatic N) is 2. The first-order valence-corrected chi connectivity index (χ1v) is 8.65. The van der Waals surface area contributed by atoms with Crippen molar-refractivity contribution >= 4 is 22.4 Å². The Labute approximate surface area is 152 Å². The molecule has 26 heavy (non-hydrogen) atoms. The Bertz CT molecular complexity index is 1050. The van der Waals surface area contributed by atoms with Crippen molar-refractivity contribution in [2.75, 3.05) is 11.5 Å². The summed E-state index contributed by atoms with van der Waals surface area (Å²) in [7, 11) is 0. The van der Waals surface area contributed by atoms with Gasteiger partial charge < -0.3 is 11.5 Å². The summed E-state index contributed by atoms with van der Waals surface area (Å²) in [5.74, 6) is 0.381. The number of rotatable bonds is 4. The summed E-state index contributed by atoms with van der Waals surface area (Å²) in [5, 5.41) is 1.06. The Kier molecular flexibility index (Phi) is 4.23. The van der Waals surface area contributed by atoms with Crippen LogP contribution in [0.25, 0.3) is 22.2 Å². The number of fused-ring (bicyclic) bond motifs is 1. The van der Waals surface area contributed by atoms with Gasteiger partial charge in [0, 0.05) is 17.1 Å². The molecule has 2 aromatic heterocycles. The quantitative estimate of drug-likeness (QED) is 0.582. The number of hydrogen-bond donors (Lipinski definition) is 2. The fourth-order valence-corrected chi connectivity index (χ4v) is 3.22. The van der Waals surface area contributed by atoms with Gasteiger partial charge >= 0.3 is 0 Å². The van der Waals surface area contributed by atoms with Gasteiger partial charge in [-0.15, -0.1) is 0 Å². The molecular weight excluding hydrogens is 320 g/mol. The van der Waals surface area contributed by atoms with Gasteiger partial charge in [-0.05, 0) is 42.2 Å². The number of pyridine rings is 2. The Morgan fingerprint density at radius 3 is 2.50 bits per heavy atom. The van der Waals surface area contributed by atoms with Gasteiger partial charge in [-0.1, -0.05) is 48.5 Å². The molecule has 0 fully saturated rings. The van der Waals surface area contributed by atoms with Gasteiger partial charge in [0.2, 0.25) is 0 Å². The van der Waals surface area contributed by atoms with Crippen LogP contribution in [0.1, 0.15) is 11.1 Å². The molecule has 4 heteroatoms. The van der Waals surface area contributed by atoms with Gasteiger partial charge in [0.05, 0.1) is 16.9 Å². The Balaban J connectivity index is 1.74. The summed E-state index contributed by atoms with van der Waals surface area (Å²) in [6.07, 6.45) is 3.52. The smallest absolute Gasteiger partial charge is 0.147 e. The highest BCUT2D eigenvalue weighted by molar-refractivity contribution is 5.94. The first-order valence-electron chi connectivity index (χ1n) is 8.65. The molecule has 0 saturated heterocycles. The van der Waals surface area contributed by atoms with E-state index in [9.17, 15) is 0 Å². The van der Waals surface area contributed by atoms with Crippen LogP contribution in [0, 0.1) is 0 Å². The average Bonchev–Trinajstić information content (AvgIpc) is 2.69. The molecule has 0 amide bonds. The lowest BCUT2D eigenvalue weighted by atomic mass is 9.99. The molecule has 0 saturated carbocycles. The lowest BCUT2D eigenvalue weighted by molar-refractivity contribution is 0.960. The van der Waals surface area contributed by atoms with Gasteiger partial charge in [0.15, 0.2) is 0 Å². The van der Waals surface area contributed by atoms with Crippen LogP contribution in [0.3, 0.4) is 0 Å². The lowest BCUT2D eigenvalue weighted by Crippen LogP contribution is -2.05. The van der Waals surface area contributed by atoms with E-state index in [0.717, 1.165) is 40.6 Å². The minimum atomic E-state index is 0.381. The van der Waals surface area contributed by atoms with Gasteiger partial charge in [-0.25, -0.2) is 4.98 Å². The average molecular weight is 340 g/mol. The standard InChI is InChI=1S/C22H20N4/c23-21-16(12-11-15-6-2-1-3-7-15)14-20(26-22(21)24)18-8-4-10-19-17(18)9-5-13-25-19/h1-10,13-14H,11-12,23H2,(H2,24,26). The predicted octanol–water partition coefficient (Wildman–Crippen LogP) is 4.25. The van der Waals surface area contributed by atoms with E-state index in [1.165, 1.54) is 5.56 Å². The minimum Gasteiger partial charge on any atom is -0.396 e. The van der Waals surface area contributed by atoms with Crippen LogP contribution >= 0.6 is 0 Å². The molecule has 0 bridgehead atoms. The highest BCUT2D eigenvalue weighted by Gasteiger charge is 2.12. The van der Waals surface area contributed by atoms with Crippen LogP contribution in [0.5, 0.6) is 0 Å². The zero-order chi connectivity index (χ0) is 17.9. The maximum absolute atomic E-state index is 6.21. The van der Waals surface area contributed by atoms with Crippen molar-refractivity contribution < 1.29 is 0 Å². The zero-order valence-electron chi connectivity index (χ0n) is 14.4. The highest BCUT2D eigenvalue weighted by atomic mass is 14.9. The molecule has 0 aliphatic carbocycles. The van der Waals surface area contributed by atoms with E-state index >= 15 is 0 Å². The number of hydrogen-bond acceptors (Lipinski definition) is 4. The van der Waals surface area contributed by atoms with E-state index in [-0.39, 0.29) is 0 Å². The third-order valence-electron chi connectivity index (χ3n) is 4.62. The first kappa shape index (κ1) is 16.1. The van der Waals surface area contributed by atoms with E-state index in [1.807, 2.05) is 42.5 Å². The molecule has 4 nitrogen and oxygen atoms in total. The summed E-state index contributed by atoms with van der Waals surface area (Å²) in [6.45, 7) is 0. The summed E-state index contributed by atoms with van der Waals surface area (Å²) < 4.78 is 0. The van der Waals surface area contributed by atoms with Gasteiger partial charge in [-0.3, -0.25) is 4.98 Å². The molecule has 0 aliphatic heterocycles. The number of nitrogen functional groups attached to an aromatic ring is 2. The van der Waals surface area contributed by atoms with Crippen molar-refractivity contribution in [2.45, 2.75) is 12.8 Å². The normalized spacial score (nSPS) is 10.9. The maximum Gasteiger partial charge on any atom is 0.147 e. The van der Waals surface area contributed by atoms with E-state index in [1.54, 1.807) is 6.20 Å². The van der Waals surface area contributed by atoms with Crippen LogP contribution in [0.15, 0.2) is 72.9 Å². The second kappa shape index (κ2) is 6.84. The molecule has 0 spiro atoms. The van der Waals surface area contributed by atoms with Crippen LogP contribution < -0.4 is 11.5 Å². The van der Waals surface area contributed by atoms with E-state index < -0.39 is 0 Å². The topological polar surface area (TPSA) is 77.8 Å². The maximum atomic E-state index is 6.21. The molecule has 4 rings (SSSR count). The highest BCUT2D eigenvalue weighted by Crippen LogP contribution is 2.31. The molecule has 2 heterocycles. The third kappa shape index (κ3) is 3.09. The summed E-state index contributed by atoms with van der Waals surface area (Å²) >= 11 is 0. The molecule has 128 valence electrons. The second-order valence-electron chi connectivity index (χ2n) is 6.33. The van der Waals surface area contributed by atoms with Crippen LogP contribution in [0.4, 0.5) is 11.5 Å². The largest absolute Gasteiger partial charge is 0.396 e. The van der Waals surface area contributed by atoms with Gasteiger partial charge in [0.1, 0.15) is 5.82 Å². The zero-order valence-corrected chi connectivity index (χ0v) is 14.4. The Morgan fingerprint density at radius 2 is 1.65 bits per heavy atom. The van der Waals surface area contributed by atoms with E-state index in [0.29, 0.717) is 11.5 Å². The number of nitrogens with two attached hydrogens (primary N) is 2. The Morgan fingerprint density at radius 1 is 0.808 bits per heavy atom. The summed E-state index contributed by atoms with van der Waals surface area (Å²) in [5.41, 5.74) is 18.0. The van der Waals surface area contributed by atoms with Crippen LogP contribution in [-0.2, 0) is 12.8 Å². The monoisotopic (exact) mass is 340 g/mol. The summed E-state index contributed by atoms with van der Waals surface area (Å²) in [6, 6.07) is 22.4. The molecule has 0 radical (unpaired) electrons. The van der Waals surface area contributed by atoms with Crippen molar-refractivity contribution in [1.29, 1.82) is 0 Å². The van der Waals surface area contributed by atoms with Crippen molar-refractivity contribution in [3.63, 3.8) is 0 Å². The molecule has 0 aliphatic rings. The lowest BCUT2D eigenvalue weighted by Gasteiger charge is -2.12. The first-order chi connectivity index (χ1) is 12.7. The van der Waals surface area contributed by atoms with Crippen molar-refractivity contribution in [3.8, 4) is 11.3 Å². The van der Waals surface area contributed by atoms with Crippen molar-refractivity contribution in [1.82, 2.24) is 9.97 Å². The SMILES string of the molecule is Nc1nc(-c2cccc3ncccc23)cc(CCc2ccccc2)c1N.